The fraction of sp³-hybridized carbons (Fsp3) is 0. The number of benzene rings is 9. The molecule has 0 aliphatic rings. The second kappa shape index (κ2) is 13.6. The highest BCUT2D eigenvalue weighted by atomic mass is 16.3. The second-order valence-electron chi connectivity index (χ2n) is 14.4. The Hall–Kier alpha value is -7.69. The summed E-state index contributed by atoms with van der Waals surface area (Å²) >= 11 is 0. The molecule has 266 valence electrons. The van der Waals surface area contributed by atoms with Gasteiger partial charge in [0.25, 0.3) is 0 Å². The molecule has 2 heterocycles. The molecule has 0 aliphatic heterocycles. The van der Waals surface area contributed by atoms with Crippen LogP contribution >= 0.6 is 0 Å². The lowest BCUT2D eigenvalue weighted by Crippen LogP contribution is -2.02. The van der Waals surface area contributed by atoms with Crippen LogP contribution in [0.2, 0.25) is 0 Å². The number of furan rings is 1. The molecule has 0 fully saturated rings. The van der Waals surface area contributed by atoms with Gasteiger partial charge in [-0.15, -0.1) is 0 Å². The smallest absolute Gasteiger partial charge is 0.167 e. The zero-order valence-corrected chi connectivity index (χ0v) is 30.8. The number of nitrogens with zero attached hydrogens (tertiary/aromatic N) is 3. The Labute approximate surface area is 329 Å². The molecule has 0 unspecified atom stereocenters. The van der Waals surface area contributed by atoms with E-state index in [9.17, 15) is 0 Å². The Morgan fingerprint density at radius 3 is 1.68 bits per heavy atom. The van der Waals surface area contributed by atoms with Crippen LogP contribution in [0.1, 0.15) is 0 Å². The monoisotopic (exact) mass is 727 g/mol. The highest BCUT2D eigenvalue weighted by Crippen LogP contribution is 2.41. The number of para-hydroxylation sites is 2. The summed E-state index contributed by atoms with van der Waals surface area (Å²) in [6, 6.07) is 69.9. The number of aromatic nitrogens is 3. The summed E-state index contributed by atoms with van der Waals surface area (Å²) in [5.74, 6) is 1.74. The van der Waals surface area contributed by atoms with Crippen LogP contribution in [-0.4, -0.2) is 15.0 Å². The van der Waals surface area contributed by atoms with Gasteiger partial charge in [-0.3, -0.25) is 0 Å². The van der Waals surface area contributed by atoms with E-state index in [4.69, 9.17) is 19.4 Å². The molecular weight excluding hydrogens is 695 g/mol. The van der Waals surface area contributed by atoms with Gasteiger partial charge in [-0.1, -0.05) is 176 Å². The predicted molar refractivity (Wildman–Crippen MR) is 235 cm³/mol. The quantitative estimate of drug-likeness (QED) is 0.171. The van der Waals surface area contributed by atoms with Gasteiger partial charge >= 0.3 is 0 Å². The summed E-state index contributed by atoms with van der Waals surface area (Å²) in [5, 5.41) is 6.43. The Morgan fingerprint density at radius 2 is 0.842 bits per heavy atom. The maximum Gasteiger partial charge on any atom is 0.167 e. The molecular formula is C53H33N3O. The third kappa shape index (κ3) is 5.74. The largest absolute Gasteiger partial charge is 0.455 e. The first-order valence-corrected chi connectivity index (χ1v) is 19.2. The summed E-state index contributed by atoms with van der Waals surface area (Å²) < 4.78 is 6.57. The highest BCUT2D eigenvalue weighted by molar-refractivity contribution is 6.09. The van der Waals surface area contributed by atoms with Gasteiger partial charge in [0.1, 0.15) is 11.2 Å². The van der Waals surface area contributed by atoms with Crippen LogP contribution in [0.15, 0.2) is 205 Å². The van der Waals surface area contributed by atoms with Gasteiger partial charge in [0, 0.05) is 21.9 Å². The van der Waals surface area contributed by atoms with Gasteiger partial charge in [-0.05, 0) is 79.2 Å². The van der Waals surface area contributed by atoms with Crippen LogP contribution in [0.25, 0.3) is 111 Å². The van der Waals surface area contributed by atoms with Crippen molar-refractivity contribution in [3.63, 3.8) is 0 Å². The van der Waals surface area contributed by atoms with E-state index in [-0.39, 0.29) is 0 Å². The molecule has 11 aromatic rings. The van der Waals surface area contributed by atoms with Crippen LogP contribution < -0.4 is 0 Å². The topological polar surface area (TPSA) is 51.8 Å². The lowest BCUT2D eigenvalue weighted by Gasteiger charge is -2.15. The van der Waals surface area contributed by atoms with E-state index < -0.39 is 0 Å². The second-order valence-corrected chi connectivity index (χ2v) is 14.4. The van der Waals surface area contributed by atoms with Gasteiger partial charge in [-0.2, -0.15) is 0 Å². The van der Waals surface area contributed by atoms with Crippen LogP contribution in [0.5, 0.6) is 0 Å². The van der Waals surface area contributed by atoms with Crippen LogP contribution in [0, 0.1) is 0 Å². The molecule has 0 spiro atoms. The van der Waals surface area contributed by atoms with Crippen molar-refractivity contribution < 1.29 is 4.42 Å². The van der Waals surface area contributed by atoms with Crippen molar-refractivity contribution in [1.29, 1.82) is 0 Å². The number of rotatable bonds is 6. The minimum atomic E-state index is 0.551. The molecule has 4 nitrogen and oxygen atoms in total. The fourth-order valence-electron chi connectivity index (χ4n) is 8.18. The van der Waals surface area contributed by atoms with Crippen molar-refractivity contribution in [3.05, 3.63) is 200 Å². The van der Waals surface area contributed by atoms with Gasteiger partial charge in [0.05, 0.1) is 5.56 Å². The van der Waals surface area contributed by atoms with Gasteiger partial charge in [0.2, 0.25) is 0 Å². The number of hydrogen-bond acceptors (Lipinski definition) is 4. The van der Waals surface area contributed by atoms with E-state index in [2.05, 4.69) is 176 Å². The maximum atomic E-state index is 6.57. The van der Waals surface area contributed by atoms with Gasteiger partial charge in [0.15, 0.2) is 17.5 Å². The molecule has 0 radical (unpaired) electrons. The molecule has 0 N–H and O–H groups in total. The summed E-state index contributed by atoms with van der Waals surface area (Å²) in [6.45, 7) is 0. The standard InChI is InChI=1S/C53H33N3O/c1-3-14-34(15-4-1)38-20-11-21-39(32-38)40-29-28-37-19-12-25-45(47(37)33-40)51-54-52(46-26-13-24-44-43-23-9-10-27-48(43)57-50(44)46)56-53(55-51)49-41-22-8-7-18-36(41)30-31-42(49)35-16-5-2-6-17-35/h1-33H. The summed E-state index contributed by atoms with van der Waals surface area (Å²) in [5.41, 5.74) is 11.1. The first-order valence-electron chi connectivity index (χ1n) is 19.2. The minimum absolute atomic E-state index is 0.551. The van der Waals surface area contributed by atoms with Crippen molar-refractivity contribution in [2.45, 2.75) is 0 Å². The Morgan fingerprint density at radius 1 is 0.298 bits per heavy atom. The normalized spacial score (nSPS) is 11.5. The van der Waals surface area contributed by atoms with Gasteiger partial charge < -0.3 is 4.42 Å². The average molecular weight is 728 g/mol. The predicted octanol–water partition coefficient (Wildman–Crippen LogP) is 14.1. The molecule has 0 bridgehead atoms. The zero-order valence-electron chi connectivity index (χ0n) is 30.8. The van der Waals surface area contributed by atoms with E-state index >= 15 is 0 Å². The SMILES string of the molecule is c1ccc(-c2cccc(-c3ccc4cccc(-c5nc(-c6c(-c7ccccc7)ccc7ccccc67)nc(-c6cccc7c6oc6ccccc67)n5)c4c3)c2)cc1. The Balaban J connectivity index is 1.18. The average Bonchev–Trinajstić information content (AvgIpc) is 3.68. The summed E-state index contributed by atoms with van der Waals surface area (Å²) in [7, 11) is 0. The van der Waals surface area contributed by atoms with E-state index in [1.54, 1.807) is 0 Å². The third-order valence-electron chi connectivity index (χ3n) is 10.9. The van der Waals surface area contributed by atoms with Crippen LogP contribution in [0.4, 0.5) is 0 Å². The highest BCUT2D eigenvalue weighted by Gasteiger charge is 2.22. The van der Waals surface area contributed by atoms with Crippen molar-refractivity contribution >= 4 is 43.5 Å². The molecule has 9 aromatic carbocycles. The first-order chi connectivity index (χ1) is 28.2. The Bertz CT molecular complexity index is 3300. The first kappa shape index (κ1) is 32.7. The van der Waals surface area contributed by atoms with Crippen molar-refractivity contribution in [1.82, 2.24) is 15.0 Å². The molecule has 2 aromatic heterocycles. The summed E-state index contributed by atoms with van der Waals surface area (Å²) in [4.78, 5) is 16.1. The molecule has 11 rings (SSSR count). The molecule has 0 amide bonds. The van der Waals surface area contributed by atoms with Crippen LogP contribution in [-0.2, 0) is 0 Å². The molecule has 57 heavy (non-hydrogen) atoms. The van der Waals surface area contributed by atoms with Crippen molar-refractivity contribution in [2.75, 3.05) is 0 Å². The molecule has 0 atom stereocenters. The van der Waals surface area contributed by atoms with E-state index in [1.807, 2.05) is 24.3 Å². The van der Waals surface area contributed by atoms with E-state index in [0.29, 0.717) is 17.5 Å². The lowest BCUT2D eigenvalue weighted by atomic mass is 9.93. The third-order valence-corrected chi connectivity index (χ3v) is 10.9. The minimum Gasteiger partial charge on any atom is -0.455 e. The van der Waals surface area contributed by atoms with Crippen molar-refractivity contribution in [2.24, 2.45) is 0 Å². The number of fused-ring (bicyclic) bond motifs is 5. The summed E-state index contributed by atoms with van der Waals surface area (Å²) in [6.07, 6.45) is 0. The van der Waals surface area contributed by atoms with Crippen LogP contribution in [0.3, 0.4) is 0 Å². The van der Waals surface area contributed by atoms with E-state index in [0.717, 1.165) is 82.4 Å². The molecule has 0 saturated heterocycles. The zero-order chi connectivity index (χ0) is 37.7. The van der Waals surface area contributed by atoms with Gasteiger partial charge in [-0.25, -0.2) is 15.0 Å². The van der Waals surface area contributed by atoms with Crippen molar-refractivity contribution in [3.8, 4) is 67.5 Å². The van der Waals surface area contributed by atoms with E-state index in [1.165, 1.54) is 11.1 Å². The molecule has 4 heteroatoms. The molecule has 0 aliphatic carbocycles. The maximum absolute atomic E-state index is 6.57. The fourth-order valence-corrected chi connectivity index (χ4v) is 8.18. The Kier molecular flexibility index (Phi) is 7.78. The molecule has 0 saturated carbocycles. The number of hydrogen-bond donors (Lipinski definition) is 0. The lowest BCUT2D eigenvalue weighted by molar-refractivity contribution is 0.669.